The van der Waals surface area contributed by atoms with Crippen LogP contribution in [-0.4, -0.2) is 148 Å². The maximum atomic E-state index is 11.1. The van der Waals surface area contributed by atoms with Crippen LogP contribution in [0.3, 0.4) is 0 Å². The van der Waals surface area contributed by atoms with Gasteiger partial charge in [-0.05, 0) is 54.9 Å². The monoisotopic (exact) mass is 624 g/mol. The summed E-state index contributed by atoms with van der Waals surface area (Å²) in [5, 5.41) is 101. The third-order valence-corrected chi connectivity index (χ3v) is 10.2. The van der Waals surface area contributed by atoms with E-state index in [-0.39, 0.29) is 19.1 Å². The maximum Gasteiger partial charge on any atom is 0.120 e. The van der Waals surface area contributed by atoms with Gasteiger partial charge in [-0.2, -0.15) is 0 Å². The van der Waals surface area contributed by atoms with E-state index in [1.54, 1.807) is 6.07 Å². The van der Waals surface area contributed by atoms with Crippen molar-refractivity contribution < 1.29 is 55.8 Å². The molecule has 6 rings (SSSR count). The van der Waals surface area contributed by atoms with E-state index in [0.29, 0.717) is 23.6 Å². The van der Waals surface area contributed by atoms with Gasteiger partial charge in [-0.3, -0.25) is 4.90 Å². The predicted octanol–water partition coefficient (Wildman–Crippen LogP) is -2.35. The molecule has 4 bridgehead atoms. The molecule has 1 aliphatic carbocycles. The van der Waals surface area contributed by atoms with Crippen molar-refractivity contribution in [2.24, 2.45) is 11.8 Å². The molecule has 13 heteroatoms. The van der Waals surface area contributed by atoms with Crippen LogP contribution in [0.5, 0.6) is 5.75 Å². The molecular formula is C31H48N2O11. The van der Waals surface area contributed by atoms with Crippen molar-refractivity contribution in [1.82, 2.24) is 9.47 Å². The fraction of sp³-hybridized carbons (Fsp3) is 0.742. The van der Waals surface area contributed by atoms with Crippen molar-refractivity contribution in [2.45, 2.75) is 99.9 Å². The lowest BCUT2D eigenvalue weighted by atomic mass is 9.65. The molecule has 1 aromatic carbocycles. The number of aliphatic hydroxyl groups is 10. The van der Waals surface area contributed by atoms with Crippen LogP contribution < -0.4 is 4.74 Å². The average Bonchev–Trinajstić information content (AvgIpc) is 3.28. The van der Waals surface area contributed by atoms with Crippen molar-refractivity contribution in [3.8, 4) is 5.75 Å². The molecule has 1 aromatic heterocycles. The Labute approximate surface area is 256 Å². The Bertz CT molecular complexity index is 1260. The van der Waals surface area contributed by atoms with Crippen molar-refractivity contribution in [3.05, 3.63) is 29.5 Å². The van der Waals surface area contributed by atoms with E-state index in [2.05, 4.69) is 11.8 Å². The molecule has 2 unspecified atom stereocenters. The topological polar surface area (TPSA) is 220 Å². The Morgan fingerprint density at radius 3 is 2.11 bits per heavy atom. The summed E-state index contributed by atoms with van der Waals surface area (Å²) in [6.07, 6.45) is -9.17. The quantitative estimate of drug-likeness (QED) is 0.107. The molecule has 4 aliphatic rings. The van der Waals surface area contributed by atoms with Crippen LogP contribution in [0.2, 0.25) is 0 Å². The standard InChI is InChI=1S/C31H48N2O11/c1-2-16-7-15-8-20-26(16)32(10-15)6-5-18-19-9-17(44-14-25(39)31(43)30(42)24(38)13-35)3-4-21(19)33(27(18)20)11-22(36)28(40)29(41)23(37)12-34/h3-4,9,15-16,20,22-26,28-31,34-43H,2,5-8,10-14H2,1H3/t15-,16-,20+,22-,23+,24+,25-,26?,28+,29+,30+,31+/m0/s1. The van der Waals surface area contributed by atoms with Crippen LogP contribution >= 0.6 is 0 Å². The summed E-state index contributed by atoms with van der Waals surface area (Å²) in [5.41, 5.74) is 2.96. The molecule has 2 saturated heterocycles. The molecule has 44 heavy (non-hydrogen) atoms. The number of fused-ring (bicyclic) bond motifs is 4. The third kappa shape index (κ3) is 6.25. The third-order valence-electron chi connectivity index (χ3n) is 10.2. The molecule has 0 radical (unpaired) electrons. The highest BCUT2D eigenvalue weighted by Crippen LogP contribution is 2.52. The molecule has 248 valence electrons. The van der Waals surface area contributed by atoms with E-state index < -0.39 is 62.0 Å². The summed E-state index contributed by atoms with van der Waals surface area (Å²) >= 11 is 0. The van der Waals surface area contributed by atoms with Gasteiger partial charge in [-0.25, -0.2) is 0 Å². The van der Waals surface area contributed by atoms with Crippen LogP contribution in [0.4, 0.5) is 0 Å². The van der Waals surface area contributed by atoms with Gasteiger partial charge in [0.05, 0.1) is 19.8 Å². The number of piperidine rings is 2. The number of hydrogen-bond acceptors (Lipinski definition) is 12. The lowest BCUT2D eigenvalue weighted by Crippen LogP contribution is -2.56. The molecule has 13 nitrogen and oxygen atoms in total. The molecule has 2 aromatic rings. The molecule has 0 amide bonds. The maximum absolute atomic E-state index is 11.1. The molecule has 3 fully saturated rings. The Hall–Kier alpha value is -1.88. The van der Waals surface area contributed by atoms with Crippen LogP contribution in [0, 0.1) is 11.8 Å². The molecular weight excluding hydrogens is 576 g/mol. The highest BCUT2D eigenvalue weighted by molar-refractivity contribution is 5.87. The minimum Gasteiger partial charge on any atom is -0.491 e. The number of ether oxygens (including phenoxy) is 1. The van der Waals surface area contributed by atoms with E-state index in [1.807, 2.05) is 16.7 Å². The van der Waals surface area contributed by atoms with Crippen molar-refractivity contribution in [1.29, 1.82) is 0 Å². The van der Waals surface area contributed by atoms with Crippen LogP contribution in [0.25, 0.3) is 10.9 Å². The zero-order chi connectivity index (χ0) is 31.9. The van der Waals surface area contributed by atoms with Crippen LogP contribution in [0.1, 0.15) is 43.4 Å². The van der Waals surface area contributed by atoms with Gasteiger partial charge >= 0.3 is 0 Å². The number of hydrogen-bond donors (Lipinski definition) is 10. The number of aromatic nitrogens is 1. The van der Waals surface area contributed by atoms with Crippen LogP contribution in [-0.2, 0) is 13.0 Å². The van der Waals surface area contributed by atoms with Gasteiger partial charge in [0.1, 0.15) is 61.2 Å². The van der Waals surface area contributed by atoms with Crippen molar-refractivity contribution in [3.63, 3.8) is 0 Å². The molecule has 3 aliphatic heterocycles. The Balaban J connectivity index is 1.49. The van der Waals surface area contributed by atoms with Gasteiger partial charge in [-0.1, -0.05) is 13.3 Å². The molecule has 4 heterocycles. The van der Waals surface area contributed by atoms with E-state index in [9.17, 15) is 46.0 Å². The number of rotatable bonds is 14. The lowest BCUT2D eigenvalue weighted by molar-refractivity contribution is -0.121. The minimum atomic E-state index is -1.76. The summed E-state index contributed by atoms with van der Waals surface area (Å²) in [5.74, 6) is 1.67. The lowest BCUT2D eigenvalue weighted by Gasteiger charge is -2.53. The highest BCUT2D eigenvalue weighted by atomic mass is 16.5. The first-order chi connectivity index (χ1) is 21.0. The van der Waals surface area contributed by atoms with Crippen molar-refractivity contribution in [2.75, 3.05) is 32.9 Å². The number of benzene rings is 1. The smallest absolute Gasteiger partial charge is 0.120 e. The van der Waals surface area contributed by atoms with Gasteiger partial charge in [0, 0.05) is 41.6 Å². The first-order valence-corrected chi connectivity index (χ1v) is 15.7. The first kappa shape index (κ1) is 33.5. The van der Waals surface area contributed by atoms with E-state index in [4.69, 9.17) is 9.84 Å². The summed E-state index contributed by atoms with van der Waals surface area (Å²) < 4.78 is 7.80. The zero-order valence-corrected chi connectivity index (χ0v) is 25.0. The first-order valence-electron chi connectivity index (χ1n) is 15.7. The van der Waals surface area contributed by atoms with Gasteiger partial charge in [-0.15, -0.1) is 0 Å². The van der Waals surface area contributed by atoms with Gasteiger partial charge in [0.15, 0.2) is 0 Å². The Morgan fingerprint density at radius 1 is 0.841 bits per heavy atom. The molecule has 1 saturated carbocycles. The average molecular weight is 625 g/mol. The van der Waals surface area contributed by atoms with Gasteiger partial charge in [0.2, 0.25) is 0 Å². The van der Waals surface area contributed by atoms with Crippen LogP contribution in [0.15, 0.2) is 18.2 Å². The largest absolute Gasteiger partial charge is 0.491 e. The second-order valence-electron chi connectivity index (χ2n) is 12.9. The normalized spacial score (nSPS) is 30.1. The minimum absolute atomic E-state index is 0.0525. The van der Waals surface area contributed by atoms with E-state index >= 15 is 0 Å². The van der Waals surface area contributed by atoms with Gasteiger partial charge in [0.25, 0.3) is 0 Å². The number of aliphatic hydroxyl groups excluding tert-OH is 10. The summed E-state index contributed by atoms with van der Waals surface area (Å²) in [6, 6.07) is 5.67. The fourth-order valence-corrected chi connectivity index (χ4v) is 7.92. The predicted molar refractivity (Wildman–Crippen MR) is 158 cm³/mol. The zero-order valence-electron chi connectivity index (χ0n) is 25.0. The summed E-state index contributed by atoms with van der Waals surface area (Å²) in [6.45, 7) is 2.16. The second kappa shape index (κ2) is 13.9. The SMILES string of the molecule is CC[C@H]1C[C@H]2C[C@H]3c4c(c5cc(OC[C@H](O)[C@@H](O)[C@H](O)[C@H](O)CO)ccc5n4C[C@H](O)[C@@H](O)[C@H](O)[C@H](O)CO)CCN(C2)C13. The van der Waals surface area contributed by atoms with E-state index in [0.717, 1.165) is 54.5 Å². The van der Waals surface area contributed by atoms with Crippen molar-refractivity contribution >= 4 is 10.9 Å². The Kier molecular flexibility index (Phi) is 10.5. The molecule has 10 N–H and O–H groups in total. The second-order valence-corrected chi connectivity index (χ2v) is 12.9. The fourth-order valence-electron chi connectivity index (χ4n) is 7.92. The highest BCUT2D eigenvalue weighted by Gasteiger charge is 2.49. The molecule has 13 atom stereocenters. The van der Waals surface area contributed by atoms with Gasteiger partial charge < -0.3 is 60.4 Å². The summed E-state index contributed by atoms with van der Waals surface area (Å²) in [7, 11) is 0. The summed E-state index contributed by atoms with van der Waals surface area (Å²) in [4.78, 5) is 2.59. The number of nitrogens with zero attached hydrogens (tertiary/aromatic N) is 2. The Morgan fingerprint density at radius 2 is 1.48 bits per heavy atom. The molecule has 0 spiro atoms. The van der Waals surface area contributed by atoms with E-state index in [1.165, 1.54) is 6.42 Å².